The molecule has 0 radical (unpaired) electrons. The van der Waals surface area contributed by atoms with E-state index in [4.69, 9.17) is 4.74 Å². The Kier molecular flexibility index (Phi) is 6.64. The molecule has 0 atom stereocenters. The van der Waals surface area contributed by atoms with E-state index in [0.29, 0.717) is 31.6 Å². The van der Waals surface area contributed by atoms with Gasteiger partial charge in [0, 0.05) is 18.2 Å². The third-order valence-electron chi connectivity index (χ3n) is 6.38. The number of aryl methyl sites for hydroxylation is 2. The van der Waals surface area contributed by atoms with Crippen molar-refractivity contribution in [1.82, 2.24) is 30.1 Å². The number of nitrogens with one attached hydrogen (secondary N) is 1. The number of H-pyrrole nitrogens is 1. The van der Waals surface area contributed by atoms with E-state index < -0.39 is 0 Å². The Labute approximate surface area is 186 Å². The molecule has 4 rings (SSSR count). The van der Waals surface area contributed by atoms with Gasteiger partial charge >= 0.3 is 5.97 Å². The van der Waals surface area contributed by atoms with Crippen LogP contribution in [0.15, 0.2) is 23.0 Å². The van der Waals surface area contributed by atoms with E-state index in [9.17, 15) is 9.59 Å². The number of aromatic amines is 1. The molecule has 1 aliphatic rings. The van der Waals surface area contributed by atoms with Crippen LogP contribution < -0.4 is 5.56 Å². The summed E-state index contributed by atoms with van der Waals surface area (Å²) in [4.78, 5) is 30.2. The number of benzene rings is 1. The Morgan fingerprint density at radius 1 is 1.25 bits per heavy atom. The maximum Gasteiger partial charge on any atom is 0.327 e. The molecule has 1 fully saturated rings. The molecule has 2 heterocycles. The monoisotopic (exact) mass is 438 g/mol. The molecule has 9 nitrogen and oxygen atoms in total. The van der Waals surface area contributed by atoms with Gasteiger partial charge in [0.1, 0.15) is 6.54 Å². The summed E-state index contributed by atoms with van der Waals surface area (Å²) in [7, 11) is 0. The molecule has 9 heteroatoms. The van der Waals surface area contributed by atoms with Gasteiger partial charge in [0.25, 0.3) is 5.56 Å². The zero-order chi connectivity index (χ0) is 22.7. The van der Waals surface area contributed by atoms with E-state index in [1.165, 1.54) is 17.5 Å². The molecular formula is C23H30N6O3. The van der Waals surface area contributed by atoms with Crippen molar-refractivity contribution in [3.8, 4) is 0 Å². The van der Waals surface area contributed by atoms with Gasteiger partial charge in [0.2, 0.25) is 0 Å². The number of nitrogens with zero attached hydrogens (tertiary/aromatic N) is 5. The molecule has 1 aromatic carbocycles. The van der Waals surface area contributed by atoms with Crippen molar-refractivity contribution < 1.29 is 9.53 Å². The summed E-state index contributed by atoms with van der Waals surface area (Å²) in [5, 5.41) is 12.9. The fraction of sp³-hybridized carbons (Fsp3) is 0.522. The van der Waals surface area contributed by atoms with Crippen molar-refractivity contribution >= 4 is 16.9 Å². The summed E-state index contributed by atoms with van der Waals surface area (Å²) in [6, 6.07) is 6.47. The maximum absolute atomic E-state index is 12.9. The summed E-state index contributed by atoms with van der Waals surface area (Å²) in [5.41, 5.74) is 3.79. The molecule has 0 spiro atoms. The molecule has 32 heavy (non-hydrogen) atoms. The Bertz CT molecular complexity index is 1160. The Balaban J connectivity index is 1.61. The number of carbonyl (C=O) groups excluding carboxylic acids is 1. The van der Waals surface area contributed by atoms with Gasteiger partial charge in [0.05, 0.1) is 18.7 Å². The average Bonchev–Trinajstić information content (AvgIpc) is 3.44. The molecule has 1 saturated carbocycles. The summed E-state index contributed by atoms with van der Waals surface area (Å²) >= 11 is 0. The first-order valence-corrected chi connectivity index (χ1v) is 11.2. The SMILES string of the molecule is CCOC(=O)Cn1nnnc1CN(Cc1cc2ccc(C)c(C)c2[nH]c1=O)C1CCCC1. The zero-order valence-corrected chi connectivity index (χ0v) is 18.9. The lowest BCUT2D eigenvalue weighted by Crippen LogP contribution is -2.35. The number of aromatic nitrogens is 5. The standard InChI is InChI=1S/C23H30N6O3/c1-4-32-21(30)14-29-20(25-26-27-29)13-28(19-7-5-6-8-19)12-18-11-17-10-9-15(2)16(3)22(17)24-23(18)31/h9-11,19H,4-8,12-14H2,1-3H3,(H,24,31). The minimum Gasteiger partial charge on any atom is -0.465 e. The Morgan fingerprint density at radius 3 is 2.78 bits per heavy atom. The van der Waals surface area contributed by atoms with Gasteiger partial charge in [0.15, 0.2) is 5.82 Å². The highest BCUT2D eigenvalue weighted by atomic mass is 16.5. The molecule has 3 aromatic rings. The van der Waals surface area contributed by atoms with Crippen LogP contribution in [0.4, 0.5) is 0 Å². The van der Waals surface area contributed by atoms with Crippen LogP contribution in [0.2, 0.25) is 0 Å². The van der Waals surface area contributed by atoms with Gasteiger partial charge < -0.3 is 9.72 Å². The zero-order valence-electron chi connectivity index (χ0n) is 18.9. The van der Waals surface area contributed by atoms with E-state index in [1.807, 2.05) is 19.9 Å². The Hall–Kier alpha value is -3.07. The summed E-state index contributed by atoms with van der Waals surface area (Å²) in [5.74, 6) is 0.221. The molecular weight excluding hydrogens is 408 g/mol. The van der Waals surface area contributed by atoms with Crippen molar-refractivity contribution in [2.45, 2.75) is 72.1 Å². The third kappa shape index (κ3) is 4.72. The van der Waals surface area contributed by atoms with E-state index in [0.717, 1.165) is 40.4 Å². The molecule has 0 saturated heterocycles. The predicted molar refractivity (Wildman–Crippen MR) is 120 cm³/mol. The minimum absolute atomic E-state index is 0.0239. The van der Waals surface area contributed by atoms with Crippen LogP contribution in [0, 0.1) is 13.8 Å². The van der Waals surface area contributed by atoms with Crippen molar-refractivity contribution in [1.29, 1.82) is 0 Å². The maximum atomic E-state index is 12.9. The highest BCUT2D eigenvalue weighted by Crippen LogP contribution is 2.26. The second-order valence-corrected chi connectivity index (χ2v) is 8.50. The molecule has 1 N–H and O–H groups in total. The van der Waals surface area contributed by atoms with E-state index in [-0.39, 0.29) is 18.1 Å². The Morgan fingerprint density at radius 2 is 2.03 bits per heavy atom. The lowest BCUT2D eigenvalue weighted by molar-refractivity contribution is -0.144. The first-order valence-electron chi connectivity index (χ1n) is 11.2. The van der Waals surface area contributed by atoms with Crippen LogP contribution in [-0.2, 0) is 29.2 Å². The minimum atomic E-state index is -0.370. The first kappa shape index (κ1) is 22.1. The van der Waals surface area contributed by atoms with Crippen molar-refractivity contribution in [3.63, 3.8) is 0 Å². The van der Waals surface area contributed by atoms with Crippen molar-refractivity contribution in [2.24, 2.45) is 0 Å². The highest BCUT2D eigenvalue weighted by molar-refractivity contribution is 5.83. The van der Waals surface area contributed by atoms with E-state index in [2.05, 4.69) is 37.5 Å². The second kappa shape index (κ2) is 9.60. The molecule has 170 valence electrons. The molecule has 0 amide bonds. The summed E-state index contributed by atoms with van der Waals surface area (Å²) in [6.07, 6.45) is 4.48. The fourth-order valence-electron chi connectivity index (χ4n) is 4.46. The number of carbonyl (C=O) groups is 1. The second-order valence-electron chi connectivity index (χ2n) is 8.50. The number of tetrazole rings is 1. The van der Waals surface area contributed by atoms with Gasteiger partial charge in [-0.2, -0.15) is 0 Å². The highest BCUT2D eigenvalue weighted by Gasteiger charge is 2.26. The lowest BCUT2D eigenvalue weighted by Gasteiger charge is -2.28. The number of ether oxygens (including phenoxy) is 1. The first-order chi connectivity index (χ1) is 15.5. The van der Waals surface area contributed by atoms with Crippen molar-refractivity contribution in [3.05, 3.63) is 51.1 Å². The van der Waals surface area contributed by atoms with E-state index in [1.54, 1.807) is 6.92 Å². The van der Waals surface area contributed by atoms with Crippen LogP contribution in [0.5, 0.6) is 0 Å². The van der Waals surface area contributed by atoms with Gasteiger partial charge in [-0.1, -0.05) is 25.0 Å². The molecule has 0 bridgehead atoms. The van der Waals surface area contributed by atoms with Crippen LogP contribution in [0.25, 0.3) is 10.9 Å². The topological polar surface area (TPSA) is 106 Å². The average molecular weight is 439 g/mol. The number of fused-ring (bicyclic) bond motifs is 1. The van der Waals surface area contributed by atoms with Crippen LogP contribution in [-0.4, -0.2) is 48.7 Å². The van der Waals surface area contributed by atoms with Gasteiger partial charge in [-0.25, -0.2) is 4.68 Å². The van der Waals surface area contributed by atoms with Gasteiger partial charge in [-0.15, -0.1) is 5.10 Å². The van der Waals surface area contributed by atoms with Crippen LogP contribution in [0.3, 0.4) is 0 Å². The number of hydrogen-bond acceptors (Lipinski definition) is 7. The molecule has 1 aliphatic carbocycles. The largest absolute Gasteiger partial charge is 0.465 e. The van der Waals surface area contributed by atoms with Crippen molar-refractivity contribution in [2.75, 3.05) is 6.61 Å². The van der Waals surface area contributed by atoms with Gasteiger partial charge in [-0.05, 0) is 66.6 Å². The smallest absolute Gasteiger partial charge is 0.327 e. The molecule has 2 aromatic heterocycles. The number of esters is 1. The predicted octanol–water partition coefficient (Wildman–Crippen LogP) is 2.64. The number of hydrogen-bond donors (Lipinski definition) is 1. The van der Waals surface area contributed by atoms with Crippen LogP contribution in [0.1, 0.15) is 55.1 Å². The van der Waals surface area contributed by atoms with Crippen LogP contribution >= 0.6 is 0 Å². The lowest BCUT2D eigenvalue weighted by atomic mass is 10.0. The van der Waals surface area contributed by atoms with E-state index >= 15 is 0 Å². The number of rotatable bonds is 8. The van der Waals surface area contributed by atoms with Gasteiger partial charge in [-0.3, -0.25) is 14.5 Å². The normalized spacial score (nSPS) is 14.5. The molecule has 0 unspecified atom stereocenters. The third-order valence-corrected chi connectivity index (χ3v) is 6.38. The fourth-order valence-corrected chi connectivity index (χ4v) is 4.46. The molecule has 0 aliphatic heterocycles. The number of pyridine rings is 1. The summed E-state index contributed by atoms with van der Waals surface area (Å²) in [6.45, 7) is 7.09. The quantitative estimate of drug-likeness (QED) is 0.539. The summed E-state index contributed by atoms with van der Waals surface area (Å²) < 4.78 is 6.51.